The zero-order valence-electron chi connectivity index (χ0n) is 22.4. The topological polar surface area (TPSA) is 26.3 Å². The molecule has 0 aliphatic heterocycles. The van der Waals surface area contributed by atoms with Gasteiger partial charge in [0.1, 0.15) is 5.75 Å². The van der Waals surface area contributed by atoms with Gasteiger partial charge >= 0.3 is 5.97 Å². The summed E-state index contributed by atoms with van der Waals surface area (Å²) in [6, 6.07) is 16.0. The maximum absolute atomic E-state index is 12.5. The Balaban J connectivity index is 1.31. The van der Waals surface area contributed by atoms with E-state index < -0.39 is 0 Å². The van der Waals surface area contributed by atoms with Crippen LogP contribution in [-0.2, 0) is 12.8 Å². The molecule has 0 spiro atoms. The minimum absolute atomic E-state index is 0.277. The molecule has 2 nitrogen and oxygen atoms in total. The van der Waals surface area contributed by atoms with Gasteiger partial charge in [-0.2, -0.15) is 0 Å². The largest absolute Gasteiger partial charge is 0.423 e. The molecule has 0 aromatic heterocycles. The zero-order valence-corrected chi connectivity index (χ0v) is 22.4. The Morgan fingerprint density at radius 2 is 1.11 bits per heavy atom. The number of unbranched alkanes of at least 4 members (excludes halogenated alkanes) is 5. The Kier molecular flexibility index (Phi) is 12.4. The summed E-state index contributed by atoms with van der Waals surface area (Å²) in [6.07, 6.45) is 21.3. The van der Waals surface area contributed by atoms with E-state index in [0.717, 1.165) is 24.7 Å². The van der Waals surface area contributed by atoms with Crippen LogP contribution < -0.4 is 4.74 Å². The lowest BCUT2D eigenvalue weighted by atomic mass is 9.78. The fourth-order valence-corrected chi connectivity index (χ4v) is 5.53. The Labute approximate surface area is 214 Å². The Bertz CT molecular complexity index is 828. The van der Waals surface area contributed by atoms with Crippen LogP contribution in [0.2, 0.25) is 0 Å². The first-order valence-corrected chi connectivity index (χ1v) is 14.6. The molecule has 35 heavy (non-hydrogen) atoms. The summed E-state index contributed by atoms with van der Waals surface area (Å²) in [7, 11) is 0. The number of aryl methyl sites for hydroxylation is 2. The fraction of sp³-hybridized carbons (Fsp3) is 0.606. The second-order valence-electron chi connectivity index (χ2n) is 10.8. The molecule has 0 N–H and O–H groups in total. The number of carbonyl (C=O) groups excluding carboxylic acids is 1. The minimum atomic E-state index is -0.277. The molecule has 1 saturated carbocycles. The van der Waals surface area contributed by atoms with Gasteiger partial charge < -0.3 is 4.74 Å². The quantitative estimate of drug-likeness (QED) is 0.145. The third-order valence-electron chi connectivity index (χ3n) is 7.90. The monoisotopic (exact) mass is 476 g/mol. The Hall–Kier alpha value is -2.09. The minimum Gasteiger partial charge on any atom is -0.423 e. The molecule has 2 aromatic rings. The number of hydrogen-bond acceptors (Lipinski definition) is 2. The van der Waals surface area contributed by atoms with Gasteiger partial charge in [-0.1, -0.05) is 115 Å². The molecule has 3 rings (SSSR count). The Morgan fingerprint density at radius 3 is 1.66 bits per heavy atom. The lowest BCUT2D eigenvalue weighted by Gasteiger charge is -2.28. The van der Waals surface area contributed by atoms with E-state index in [0.29, 0.717) is 11.3 Å². The van der Waals surface area contributed by atoms with Crippen LogP contribution in [-0.4, -0.2) is 5.97 Å². The van der Waals surface area contributed by atoms with Crippen molar-refractivity contribution in [1.82, 2.24) is 0 Å². The van der Waals surface area contributed by atoms with Gasteiger partial charge in [0.15, 0.2) is 0 Å². The average molecular weight is 477 g/mol. The lowest BCUT2D eigenvalue weighted by molar-refractivity contribution is 0.0734. The van der Waals surface area contributed by atoms with Gasteiger partial charge in [0.05, 0.1) is 5.56 Å². The van der Waals surface area contributed by atoms with Gasteiger partial charge in [-0.15, -0.1) is 0 Å². The number of benzene rings is 2. The molecular weight excluding hydrogens is 428 g/mol. The summed E-state index contributed by atoms with van der Waals surface area (Å²) in [6.45, 7) is 4.52. The van der Waals surface area contributed by atoms with Crippen molar-refractivity contribution in [3.63, 3.8) is 0 Å². The number of ether oxygens (including phenoxy) is 1. The molecule has 0 amide bonds. The molecule has 2 heteroatoms. The van der Waals surface area contributed by atoms with Crippen molar-refractivity contribution < 1.29 is 9.53 Å². The summed E-state index contributed by atoms with van der Waals surface area (Å²) in [5.41, 5.74) is 3.24. The zero-order chi connectivity index (χ0) is 24.7. The summed E-state index contributed by atoms with van der Waals surface area (Å²) in [5.74, 6) is 2.31. The second-order valence-corrected chi connectivity index (χ2v) is 10.8. The predicted octanol–water partition coefficient (Wildman–Crippen LogP) is 9.74. The molecule has 0 radical (unpaired) electrons. The van der Waals surface area contributed by atoms with E-state index in [-0.39, 0.29) is 5.97 Å². The average Bonchev–Trinajstić information content (AvgIpc) is 2.89. The normalized spacial score (nSPS) is 17.9. The fourth-order valence-electron chi connectivity index (χ4n) is 5.53. The van der Waals surface area contributed by atoms with E-state index in [1.165, 1.54) is 101 Å². The highest BCUT2D eigenvalue weighted by atomic mass is 16.5. The number of esters is 1. The summed E-state index contributed by atoms with van der Waals surface area (Å²) in [5, 5.41) is 0. The highest BCUT2D eigenvalue weighted by Gasteiger charge is 2.20. The first-order valence-electron chi connectivity index (χ1n) is 14.6. The maximum Gasteiger partial charge on any atom is 0.343 e. The van der Waals surface area contributed by atoms with Crippen LogP contribution >= 0.6 is 0 Å². The highest BCUT2D eigenvalue weighted by molar-refractivity contribution is 5.91. The smallest absolute Gasteiger partial charge is 0.343 e. The van der Waals surface area contributed by atoms with Crippen LogP contribution in [0, 0.1) is 11.8 Å². The van der Waals surface area contributed by atoms with E-state index in [4.69, 9.17) is 4.74 Å². The molecule has 1 aliphatic rings. The van der Waals surface area contributed by atoms with Crippen molar-refractivity contribution in [3.8, 4) is 5.75 Å². The molecule has 0 heterocycles. The van der Waals surface area contributed by atoms with Crippen LogP contribution in [0.1, 0.15) is 125 Å². The second kappa shape index (κ2) is 15.8. The maximum atomic E-state index is 12.5. The number of rotatable bonds is 15. The number of hydrogen-bond donors (Lipinski definition) is 0. The number of carbonyl (C=O) groups is 1. The van der Waals surface area contributed by atoms with Crippen molar-refractivity contribution in [2.45, 2.75) is 117 Å². The standard InChI is InChI=1S/C33H48O2/c1-3-5-7-11-27-15-17-28(18-16-27)13-9-10-14-29-19-23-31(24-20-29)33(34)35-32-25-21-30(22-26-32)12-8-6-4-2/h19-28H,3-18H2,1-2H3. The first-order chi connectivity index (χ1) is 17.2. The molecule has 0 saturated heterocycles. The van der Waals surface area contributed by atoms with Crippen molar-refractivity contribution in [2.75, 3.05) is 0 Å². The van der Waals surface area contributed by atoms with E-state index in [1.54, 1.807) is 0 Å². The van der Waals surface area contributed by atoms with Crippen LogP contribution in [0.5, 0.6) is 5.75 Å². The van der Waals surface area contributed by atoms with Crippen molar-refractivity contribution in [2.24, 2.45) is 11.8 Å². The summed E-state index contributed by atoms with van der Waals surface area (Å²) in [4.78, 5) is 12.5. The summed E-state index contributed by atoms with van der Waals surface area (Å²) >= 11 is 0. The van der Waals surface area contributed by atoms with Crippen LogP contribution in [0.4, 0.5) is 0 Å². The molecule has 0 atom stereocenters. The van der Waals surface area contributed by atoms with Crippen molar-refractivity contribution in [3.05, 3.63) is 65.2 Å². The van der Waals surface area contributed by atoms with Gasteiger partial charge in [-0.25, -0.2) is 4.79 Å². The predicted molar refractivity (Wildman–Crippen MR) is 148 cm³/mol. The van der Waals surface area contributed by atoms with E-state index >= 15 is 0 Å². The highest BCUT2D eigenvalue weighted by Crippen LogP contribution is 2.34. The van der Waals surface area contributed by atoms with E-state index in [2.05, 4.69) is 38.1 Å². The van der Waals surface area contributed by atoms with E-state index in [1.807, 2.05) is 24.3 Å². The molecule has 192 valence electrons. The van der Waals surface area contributed by atoms with Crippen molar-refractivity contribution in [1.29, 1.82) is 0 Å². The first kappa shape index (κ1) is 27.5. The lowest BCUT2D eigenvalue weighted by Crippen LogP contribution is -2.14. The SMILES string of the molecule is CCCCCc1ccc(OC(=O)c2ccc(CCCCC3CCC(CCCCC)CC3)cc2)cc1. The van der Waals surface area contributed by atoms with Crippen LogP contribution in [0.3, 0.4) is 0 Å². The third-order valence-corrected chi connectivity index (χ3v) is 7.90. The summed E-state index contributed by atoms with van der Waals surface area (Å²) < 4.78 is 5.58. The van der Waals surface area contributed by atoms with Gasteiger partial charge in [-0.3, -0.25) is 0 Å². The molecular formula is C33H48O2. The molecule has 0 unspecified atom stereocenters. The van der Waals surface area contributed by atoms with Crippen LogP contribution in [0.25, 0.3) is 0 Å². The van der Waals surface area contributed by atoms with Gasteiger partial charge in [0, 0.05) is 0 Å². The molecule has 0 bridgehead atoms. The van der Waals surface area contributed by atoms with Gasteiger partial charge in [0.2, 0.25) is 0 Å². The Morgan fingerprint density at radius 1 is 0.657 bits per heavy atom. The molecule has 1 aliphatic carbocycles. The van der Waals surface area contributed by atoms with E-state index in [9.17, 15) is 4.79 Å². The van der Waals surface area contributed by atoms with Gasteiger partial charge in [0.25, 0.3) is 0 Å². The molecule has 2 aromatic carbocycles. The molecule has 1 fully saturated rings. The van der Waals surface area contributed by atoms with Gasteiger partial charge in [-0.05, 0) is 72.9 Å². The van der Waals surface area contributed by atoms with Crippen molar-refractivity contribution >= 4 is 5.97 Å². The van der Waals surface area contributed by atoms with Crippen LogP contribution in [0.15, 0.2) is 48.5 Å². The third kappa shape index (κ3) is 10.2.